The van der Waals surface area contributed by atoms with E-state index in [2.05, 4.69) is 4.90 Å². The topological polar surface area (TPSA) is 92.7 Å². The Hall–Kier alpha value is -1.14. The van der Waals surface area contributed by atoms with E-state index in [-0.39, 0.29) is 23.8 Å². The van der Waals surface area contributed by atoms with E-state index in [0.717, 1.165) is 45.3 Å². The smallest absolute Gasteiger partial charge is 0.236 e. The first kappa shape index (κ1) is 14.3. The molecule has 2 fully saturated rings. The molecule has 0 aromatic carbocycles. The summed E-state index contributed by atoms with van der Waals surface area (Å²) in [5.74, 6) is -0.376. The van der Waals surface area contributed by atoms with Crippen LogP contribution in [0.4, 0.5) is 0 Å². The third-order valence-corrected chi connectivity index (χ3v) is 4.08. The number of nitrogens with two attached hydrogens (primary N) is 2. The second-order valence-electron chi connectivity index (χ2n) is 5.72. The van der Waals surface area contributed by atoms with Crippen molar-refractivity contribution in [1.29, 1.82) is 0 Å². The van der Waals surface area contributed by atoms with Crippen molar-refractivity contribution < 1.29 is 9.59 Å². The maximum Gasteiger partial charge on any atom is 0.236 e. The molecule has 2 rings (SSSR count). The Morgan fingerprint density at radius 3 is 2.53 bits per heavy atom. The van der Waals surface area contributed by atoms with Crippen LogP contribution in [0.15, 0.2) is 0 Å². The molecule has 6 heteroatoms. The molecular weight excluding hydrogens is 244 g/mol. The van der Waals surface area contributed by atoms with Gasteiger partial charge in [-0.2, -0.15) is 0 Å². The SMILES string of the molecule is NC(=O)C1CCCN(C(=O)CN2CCC[C@@H](N)C2)C1. The number of carbonyl (C=O) groups is 2. The van der Waals surface area contributed by atoms with Gasteiger partial charge in [0.05, 0.1) is 12.5 Å². The number of likely N-dealkylation sites (tertiary alicyclic amines) is 2. The van der Waals surface area contributed by atoms with Crippen LogP contribution in [0.25, 0.3) is 0 Å². The van der Waals surface area contributed by atoms with E-state index in [1.54, 1.807) is 4.90 Å². The van der Waals surface area contributed by atoms with E-state index < -0.39 is 0 Å². The van der Waals surface area contributed by atoms with Crippen LogP contribution in [0.3, 0.4) is 0 Å². The lowest BCUT2D eigenvalue weighted by atomic mass is 9.97. The van der Waals surface area contributed by atoms with Crippen LogP contribution >= 0.6 is 0 Å². The summed E-state index contributed by atoms with van der Waals surface area (Å²) in [6.45, 7) is 3.36. The van der Waals surface area contributed by atoms with E-state index in [1.807, 2.05) is 0 Å². The van der Waals surface area contributed by atoms with Gasteiger partial charge in [0.2, 0.25) is 11.8 Å². The lowest BCUT2D eigenvalue weighted by Crippen LogP contribution is -2.50. The predicted molar refractivity (Wildman–Crippen MR) is 72.1 cm³/mol. The van der Waals surface area contributed by atoms with Gasteiger partial charge in [-0.1, -0.05) is 0 Å². The number of amides is 2. The number of piperidine rings is 2. The summed E-state index contributed by atoms with van der Waals surface area (Å²) in [5.41, 5.74) is 11.2. The standard InChI is InChI=1S/C13H24N4O2/c14-11-4-2-5-16(8-11)9-12(18)17-6-1-3-10(7-17)13(15)19/h10-11H,1-9,14H2,(H2,15,19)/t10?,11-/m1/s1. The minimum Gasteiger partial charge on any atom is -0.369 e. The van der Waals surface area contributed by atoms with Gasteiger partial charge in [-0.15, -0.1) is 0 Å². The van der Waals surface area contributed by atoms with Crippen LogP contribution in [0.2, 0.25) is 0 Å². The maximum absolute atomic E-state index is 12.2. The largest absolute Gasteiger partial charge is 0.369 e. The van der Waals surface area contributed by atoms with E-state index in [0.29, 0.717) is 13.1 Å². The van der Waals surface area contributed by atoms with Gasteiger partial charge in [0, 0.05) is 25.7 Å². The van der Waals surface area contributed by atoms with Crippen molar-refractivity contribution in [2.45, 2.75) is 31.7 Å². The molecule has 2 atom stereocenters. The summed E-state index contributed by atoms with van der Waals surface area (Å²) in [4.78, 5) is 27.3. The highest BCUT2D eigenvalue weighted by Crippen LogP contribution is 2.17. The fourth-order valence-corrected chi connectivity index (χ4v) is 2.96. The summed E-state index contributed by atoms with van der Waals surface area (Å²) in [6.07, 6.45) is 3.75. The average Bonchev–Trinajstić information content (AvgIpc) is 2.39. The molecule has 2 amide bonds. The van der Waals surface area contributed by atoms with Crippen molar-refractivity contribution >= 4 is 11.8 Å². The molecule has 0 saturated carbocycles. The Kier molecular flexibility index (Phi) is 4.76. The molecule has 1 unspecified atom stereocenters. The highest BCUT2D eigenvalue weighted by atomic mass is 16.2. The van der Waals surface area contributed by atoms with Crippen LogP contribution in [0.5, 0.6) is 0 Å². The third kappa shape index (κ3) is 3.91. The molecular formula is C13H24N4O2. The molecule has 19 heavy (non-hydrogen) atoms. The number of carbonyl (C=O) groups excluding carboxylic acids is 2. The van der Waals surface area contributed by atoms with Gasteiger partial charge in [-0.25, -0.2) is 0 Å². The van der Waals surface area contributed by atoms with Crippen molar-refractivity contribution in [2.75, 3.05) is 32.7 Å². The fraction of sp³-hybridized carbons (Fsp3) is 0.846. The monoisotopic (exact) mass is 268 g/mol. The molecule has 0 radical (unpaired) electrons. The van der Waals surface area contributed by atoms with E-state index in [1.165, 1.54) is 0 Å². The minimum absolute atomic E-state index is 0.0973. The quantitative estimate of drug-likeness (QED) is 0.696. The zero-order valence-corrected chi connectivity index (χ0v) is 11.4. The predicted octanol–water partition coefficient (Wildman–Crippen LogP) is -0.867. The fourth-order valence-electron chi connectivity index (χ4n) is 2.96. The van der Waals surface area contributed by atoms with Crippen LogP contribution in [-0.4, -0.2) is 60.4 Å². The van der Waals surface area contributed by atoms with Crippen molar-refractivity contribution in [3.63, 3.8) is 0 Å². The van der Waals surface area contributed by atoms with Gasteiger partial charge in [-0.3, -0.25) is 14.5 Å². The molecule has 6 nitrogen and oxygen atoms in total. The number of nitrogens with zero attached hydrogens (tertiary/aromatic N) is 2. The van der Waals surface area contributed by atoms with Crippen molar-refractivity contribution in [3.05, 3.63) is 0 Å². The molecule has 4 N–H and O–H groups in total. The summed E-state index contributed by atoms with van der Waals surface area (Å²) in [7, 11) is 0. The molecule has 0 bridgehead atoms. The Bertz CT molecular complexity index is 348. The van der Waals surface area contributed by atoms with Gasteiger partial charge in [0.1, 0.15) is 0 Å². The molecule has 0 aliphatic carbocycles. The van der Waals surface area contributed by atoms with Crippen LogP contribution < -0.4 is 11.5 Å². The van der Waals surface area contributed by atoms with Gasteiger partial charge in [0.15, 0.2) is 0 Å². The number of primary amides is 1. The van der Waals surface area contributed by atoms with Crippen molar-refractivity contribution in [2.24, 2.45) is 17.4 Å². The van der Waals surface area contributed by atoms with Gasteiger partial charge < -0.3 is 16.4 Å². The normalized spacial score (nSPS) is 29.2. The van der Waals surface area contributed by atoms with Crippen LogP contribution in [0.1, 0.15) is 25.7 Å². The molecule has 0 spiro atoms. The van der Waals surface area contributed by atoms with Crippen molar-refractivity contribution in [1.82, 2.24) is 9.80 Å². The number of rotatable bonds is 3. The Morgan fingerprint density at radius 2 is 1.84 bits per heavy atom. The van der Waals surface area contributed by atoms with Crippen LogP contribution in [-0.2, 0) is 9.59 Å². The van der Waals surface area contributed by atoms with Crippen LogP contribution in [0, 0.1) is 5.92 Å². The van der Waals surface area contributed by atoms with E-state index >= 15 is 0 Å². The zero-order chi connectivity index (χ0) is 13.8. The molecule has 108 valence electrons. The molecule has 0 aromatic heterocycles. The highest BCUT2D eigenvalue weighted by Gasteiger charge is 2.28. The van der Waals surface area contributed by atoms with Gasteiger partial charge in [0.25, 0.3) is 0 Å². The molecule has 0 aromatic rings. The summed E-state index contributed by atoms with van der Waals surface area (Å²) < 4.78 is 0. The first-order valence-electron chi connectivity index (χ1n) is 7.11. The highest BCUT2D eigenvalue weighted by molar-refractivity contribution is 5.81. The second-order valence-corrected chi connectivity index (χ2v) is 5.72. The number of hydrogen-bond donors (Lipinski definition) is 2. The van der Waals surface area contributed by atoms with E-state index in [4.69, 9.17) is 11.5 Å². The van der Waals surface area contributed by atoms with Crippen molar-refractivity contribution in [3.8, 4) is 0 Å². The molecule has 2 aliphatic heterocycles. The Labute approximate surface area is 114 Å². The average molecular weight is 268 g/mol. The van der Waals surface area contributed by atoms with Gasteiger partial charge in [-0.05, 0) is 32.2 Å². The molecule has 2 saturated heterocycles. The summed E-state index contributed by atoms with van der Waals surface area (Å²) in [5, 5.41) is 0. The first-order valence-corrected chi connectivity index (χ1v) is 7.11. The Morgan fingerprint density at radius 1 is 1.11 bits per heavy atom. The lowest BCUT2D eigenvalue weighted by molar-refractivity contribution is -0.136. The van der Waals surface area contributed by atoms with E-state index in [9.17, 15) is 9.59 Å². The number of hydrogen-bond acceptors (Lipinski definition) is 4. The maximum atomic E-state index is 12.2. The second kappa shape index (κ2) is 6.34. The minimum atomic E-state index is -0.294. The zero-order valence-electron chi connectivity index (χ0n) is 11.4. The Balaban J connectivity index is 1.83. The lowest BCUT2D eigenvalue weighted by Gasteiger charge is -2.35. The summed E-state index contributed by atoms with van der Waals surface area (Å²) >= 11 is 0. The molecule has 2 aliphatic rings. The van der Waals surface area contributed by atoms with Gasteiger partial charge >= 0.3 is 0 Å². The molecule has 2 heterocycles. The third-order valence-electron chi connectivity index (χ3n) is 4.08. The first-order chi connectivity index (χ1) is 9.06. The summed E-state index contributed by atoms with van der Waals surface area (Å²) in [6, 6.07) is 0.182.